The molecule has 3 nitrogen and oxygen atoms in total. The third-order valence-corrected chi connectivity index (χ3v) is 3.23. The molecule has 0 spiro atoms. The molecule has 0 bridgehead atoms. The Labute approximate surface area is 79.5 Å². The van der Waals surface area contributed by atoms with Gasteiger partial charge in [0.25, 0.3) is 0 Å². The second-order valence-corrected chi connectivity index (χ2v) is 4.37. The molecular formula is C10H18N2O. The van der Waals surface area contributed by atoms with Gasteiger partial charge in [0.1, 0.15) is 0 Å². The first-order valence-electron chi connectivity index (χ1n) is 5.23. The van der Waals surface area contributed by atoms with Crippen molar-refractivity contribution in [2.45, 2.75) is 19.3 Å². The van der Waals surface area contributed by atoms with Crippen molar-refractivity contribution in [3.8, 4) is 0 Å². The van der Waals surface area contributed by atoms with E-state index in [1.165, 1.54) is 6.42 Å². The lowest BCUT2D eigenvalue weighted by Gasteiger charge is -2.34. The van der Waals surface area contributed by atoms with Gasteiger partial charge < -0.3 is 10.2 Å². The van der Waals surface area contributed by atoms with Gasteiger partial charge in [-0.25, -0.2) is 0 Å². The molecule has 0 aromatic heterocycles. The number of nitrogens with one attached hydrogen (secondary N) is 1. The molecule has 1 heterocycles. The monoisotopic (exact) mass is 182 g/mol. The van der Waals surface area contributed by atoms with E-state index in [1.54, 1.807) is 0 Å². The highest BCUT2D eigenvalue weighted by Crippen LogP contribution is 2.28. The zero-order chi connectivity index (χ0) is 9.26. The minimum absolute atomic E-state index is 0.359. The highest BCUT2D eigenvalue weighted by atomic mass is 16.2. The lowest BCUT2D eigenvalue weighted by molar-refractivity contribution is -0.137. The molecule has 0 aromatic carbocycles. The van der Waals surface area contributed by atoms with Crippen LogP contribution >= 0.6 is 0 Å². The predicted octanol–water partition coefficient (Wildman–Crippen LogP) is 0.464. The Morgan fingerprint density at radius 3 is 2.54 bits per heavy atom. The summed E-state index contributed by atoms with van der Waals surface area (Å²) in [7, 11) is 1.94. The predicted molar refractivity (Wildman–Crippen MR) is 51.3 cm³/mol. The Bertz CT molecular complexity index is 197. The van der Waals surface area contributed by atoms with Crippen LogP contribution in [0.3, 0.4) is 0 Å². The topological polar surface area (TPSA) is 32.3 Å². The van der Waals surface area contributed by atoms with Crippen molar-refractivity contribution >= 4 is 5.91 Å². The van der Waals surface area contributed by atoms with Crippen LogP contribution in [0, 0.1) is 11.8 Å². The largest absolute Gasteiger partial charge is 0.345 e. The van der Waals surface area contributed by atoms with E-state index in [2.05, 4.69) is 5.32 Å². The van der Waals surface area contributed by atoms with Gasteiger partial charge in [-0.3, -0.25) is 4.79 Å². The summed E-state index contributed by atoms with van der Waals surface area (Å²) in [6.45, 7) is 3.12. The van der Waals surface area contributed by atoms with Crippen LogP contribution in [-0.4, -0.2) is 37.5 Å². The summed E-state index contributed by atoms with van der Waals surface area (Å²) in [5.41, 5.74) is 0. The van der Waals surface area contributed by atoms with Gasteiger partial charge in [-0.15, -0.1) is 0 Å². The van der Waals surface area contributed by atoms with Crippen molar-refractivity contribution in [1.82, 2.24) is 10.2 Å². The molecule has 2 fully saturated rings. The second kappa shape index (κ2) is 3.66. The number of rotatable bonds is 3. The van der Waals surface area contributed by atoms with Gasteiger partial charge >= 0.3 is 0 Å². The zero-order valence-electron chi connectivity index (χ0n) is 8.25. The fourth-order valence-corrected chi connectivity index (χ4v) is 1.92. The molecule has 0 atom stereocenters. The van der Waals surface area contributed by atoms with E-state index in [4.69, 9.17) is 0 Å². The maximum atomic E-state index is 11.7. The Morgan fingerprint density at radius 2 is 2.15 bits per heavy atom. The molecule has 0 unspecified atom stereocenters. The average Bonchev–Trinajstić information content (AvgIpc) is 1.92. The Balaban J connectivity index is 1.74. The number of nitrogens with zero attached hydrogens (tertiary/aromatic N) is 1. The lowest BCUT2D eigenvalue weighted by Crippen LogP contribution is -2.49. The molecule has 1 saturated carbocycles. The Kier molecular flexibility index (Phi) is 2.54. The zero-order valence-corrected chi connectivity index (χ0v) is 8.25. The molecule has 3 heteroatoms. The smallest absolute Gasteiger partial charge is 0.225 e. The van der Waals surface area contributed by atoms with Crippen LogP contribution in [-0.2, 0) is 4.79 Å². The van der Waals surface area contributed by atoms with Crippen LogP contribution in [0.5, 0.6) is 0 Å². The summed E-state index contributed by atoms with van der Waals surface area (Å²) in [6.07, 6.45) is 3.48. The van der Waals surface area contributed by atoms with Crippen molar-refractivity contribution in [2.75, 3.05) is 26.7 Å². The normalized spacial score (nSPS) is 23.5. The fourth-order valence-electron chi connectivity index (χ4n) is 1.92. The molecule has 1 aliphatic carbocycles. The molecule has 0 radical (unpaired) electrons. The molecule has 74 valence electrons. The summed E-state index contributed by atoms with van der Waals surface area (Å²) in [5, 5.41) is 3.22. The van der Waals surface area contributed by atoms with Crippen molar-refractivity contribution < 1.29 is 4.79 Å². The molecular weight excluding hydrogens is 164 g/mol. The molecule has 2 rings (SSSR count). The van der Waals surface area contributed by atoms with Crippen molar-refractivity contribution in [2.24, 2.45) is 11.8 Å². The minimum atomic E-state index is 0.359. The molecule has 1 aliphatic heterocycles. The number of hydrogen-bond acceptors (Lipinski definition) is 2. The second-order valence-electron chi connectivity index (χ2n) is 4.37. The quantitative estimate of drug-likeness (QED) is 0.688. The number of hydrogen-bond donors (Lipinski definition) is 1. The molecule has 13 heavy (non-hydrogen) atoms. The Morgan fingerprint density at radius 1 is 1.46 bits per heavy atom. The van der Waals surface area contributed by atoms with Gasteiger partial charge in [0.2, 0.25) is 5.91 Å². The van der Waals surface area contributed by atoms with E-state index in [1.807, 2.05) is 11.9 Å². The summed E-state index contributed by atoms with van der Waals surface area (Å²) in [4.78, 5) is 13.6. The molecule has 1 N–H and O–H groups in total. The van der Waals surface area contributed by atoms with E-state index < -0.39 is 0 Å². The van der Waals surface area contributed by atoms with Crippen LogP contribution in [0.2, 0.25) is 0 Å². The molecule has 2 aliphatic rings. The van der Waals surface area contributed by atoms with Gasteiger partial charge in [-0.2, -0.15) is 0 Å². The van der Waals surface area contributed by atoms with E-state index in [0.29, 0.717) is 17.7 Å². The third kappa shape index (κ3) is 1.85. The van der Waals surface area contributed by atoms with Gasteiger partial charge in [0, 0.05) is 38.5 Å². The average molecular weight is 182 g/mol. The van der Waals surface area contributed by atoms with E-state index in [9.17, 15) is 4.79 Å². The van der Waals surface area contributed by atoms with Crippen LogP contribution in [0.15, 0.2) is 0 Å². The number of carbonyl (C=O) groups excluding carboxylic acids is 1. The summed E-state index contributed by atoms with van der Waals surface area (Å²) >= 11 is 0. The van der Waals surface area contributed by atoms with Crippen LogP contribution in [0.1, 0.15) is 19.3 Å². The molecule has 1 saturated heterocycles. The summed E-state index contributed by atoms with van der Waals surface area (Å²) in [5.74, 6) is 1.44. The maximum Gasteiger partial charge on any atom is 0.225 e. The minimum Gasteiger partial charge on any atom is -0.345 e. The van der Waals surface area contributed by atoms with Gasteiger partial charge in [-0.05, 0) is 12.8 Å². The lowest BCUT2D eigenvalue weighted by atomic mass is 9.84. The summed E-state index contributed by atoms with van der Waals surface area (Å²) in [6, 6.07) is 0. The first-order valence-corrected chi connectivity index (χ1v) is 5.23. The fraction of sp³-hybridized carbons (Fsp3) is 0.900. The molecule has 1 amide bonds. The van der Waals surface area contributed by atoms with E-state index in [-0.39, 0.29) is 0 Å². The SMILES string of the molecule is CN(CC1CNC1)C(=O)C1CCC1. The Hall–Kier alpha value is -0.570. The highest BCUT2D eigenvalue weighted by molar-refractivity contribution is 5.79. The number of carbonyl (C=O) groups is 1. The van der Waals surface area contributed by atoms with Crippen LogP contribution < -0.4 is 5.32 Å². The molecule has 0 aromatic rings. The summed E-state index contributed by atoms with van der Waals surface area (Å²) < 4.78 is 0. The van der Waals surface area contributed by atoms with Crippen molar-refractivity contribution in [3.63, 3.8) is 0 Å². The van der Waals surface area contributed by atoms with Gasteiger partial charge in [0.15, 0.2) is 0 Å². The number of amides is 1. The first-order chi connectivity index (χ1) is 6.27. The highest BCUT2D eigenvalue weighted by Gasteiger charge is 2.29. The maximum absolute atomic E-state index is 11.7. The third-order valence-electron chi connectivity index (χ3n) is 3.23. The van der Waals surface area contributed by atoms with E-state index >= 15 is 0 Å². The van der Waals surface area contributed by atoms with E-state index in [0.717, 1.165) is 32.5 Å². The van der Waals surface area contributed by atoms with Crippen LogP contribution in [0.25, 0.3) is 0 Å². The van der Waals surface area contributed by atoms with Crippen LogP contribution in [0.4, 0.5) is 0 Å². The first kappa shape index (κ1) is 9.00. The standard InChI is InChI=1S/C10H18N2O/c1-12(7-8-5-11-6-8)10(13)9-3-2-4-9/h8-9,11H,2-7H2,1H3. The van der Waals surface area contributed by atoms with Crippen molar-refractivity contribution in [3.05, 3.63) is 0 Å². The van der Waals surface area contributed by atoms with Gasteiger partial charge in [0.05, 0.1) is 0 Å². The van der Waals surface area contributed by atoms with Gasteiger partial charge in [-0.1, -0.05) is 6.42 Å². The van der Waals surface area contributed by atoms with Crippen molar-refractivity contribution in [1.29, 1.82) is 0 Å².